The van der Waals surface area contributed by atoms with Crippen LogP contribution in [0.5, 0.6) is 0 Å². The number of nitrogens with zero attached hydrogens (tertiary/aromatic N) is 1. The summed E-state index contributed by atoms with van der Waals surface area (Å²) in [7, 11) is 0. The number of carbonyl (C=O) groups excluding carboxylic acids is 1. The molecule has 0 saturated carbocycles. The van der Waals surface area contributed by atoms with Gasteiger partial charge in [-0.1, -0.05) is 0 Å². The second-order valence-electron chi connectivity index (χ2n) is 3.99. The maximum Gasteiger partial charge on any atom is 0.186 e. The third-order valence-electron chi connectivity index (χ3n) is 2.89. The molecule has 1 fully saturated rings. The van der Waals surface area contributed by atoms with Crippen molar-refractivity contribution in [3.8, 4) is 0 Å². The first-order valence-electron chi connectivity index (χ1n) is 5.19. The van der Waals surface area contributed by atoms with E-state index in [1.165, 1.54) is 24.2 Å². The number of carbonyl (C=O) groups is 1. The zero-order chi connectivity index (χ0) is 10.8. The minimum Gasteiger partial charge on any atom is -0.293 e. The van der Waals surface area contributed by atoms with Crippen molar-refractivity contribution in [2.24, 2.45) is 0 Å². The monoisotopic (exact) mass is 287 g/mol. The van der Waals surface area contributed by atoms with Crippen LogP contribution in [0.4, 0.5) is 0 Å². The Balaban J connectivity index is 1.97. The Kier molecular flexibility index (Phi) is 3.59. The summed E-state index contributed by atoms with van der Waals surface area (Å²) in [5.74, 6) is 0.249. The Morgan fingerprint density at radius 2 is 2.47 bits per heavy atom. The maximum atomic E-state index is 11.9. The van der Waals surface area contributed by atoms with Crippen LogP contribution < -0.4 is 0 Å². The number of hydrogen-bond donors (Lipinski definition) is 0. The van der Waals surface area contributed by atoms with Crippen LogP contribution in [0.25, 0.3) is 0 Å². The van der Waals surface area contributed by atoms with E-state index in [1.54, 1.807) is 0 Å². The zero-order valence-electron chi connectivity index (χ0n) is 8.70. The molecule has 2 heterocycles. The molecule has 1 atom stereocenters. The average Bonchev–Trinajstić information content (AvgIpc) is 2.77. The number of halogens is 1. The summed E-state index contributed by atoms with van der Waals surface area (Å²) in [6.07, 6.45) is 2.45. The first-order chi connectivity index (χ1) is 7.16. The van der Waals surface area contributed by atoms with Crippen molar-refractivity contribution < 1.29 is 4.79 Å². The van der Waals surface area contributed by atoms with Crippen molar-refractivity contribution in [3.05, 3.63) is 20.8 Å². The van der Waals surface area contributed by atoms with Gasteiger partial charge in [-0.05, 0) is 54.4 Å². The third kappa shape index (κ3) is 2.68. The van der Waals surface area contributed by atoms with Crippen molar-refractivity contribution in [1.82, 2.24) is 4.90 Å². The average molecular weight is 288 g/mol. The van der Waals surface area contributed by atoms with Gasteiger partial charge in [0, 0.05) is 6.04 Å². The molecule has 1 unspecified atom stereocenters. The molecular formula is C11H14BrNOS. The molecule has 2 nitrogen and oxygen atoms in total. The molecule has 2 rings (SSSR count). The predicted molar refractivity (Wildman–Crippen MR) is 66.6 cm³/mol. The smallest absolute Gasteiger partial charge is 0.186 e. The second-order valence-corrected chi connectivity index (χ2v) is 6.45. The van der Waals surface area contributed by atoms with Gasteiger partial charge in [0.15, 0.2) is 5.78 Å². The topological polar surface area (TPSA) is 20.3 Å². The van der Waals surface area contributed by atoms with Gasteiger partial charge in [-0.15, -0.1) is 11.3 Å². The summed E-state index contributed by atoms with van der Waals surface area (Å²) in [5, 5.41) is 0. The Bertz CT molecular complexity index is 363. The van der Waals surface area contributed by atoms with E-state index >= 15 is 0 Å². The van der Waals surface area contributed by atoms with Crippen molar-refractivity contribution in [3.63, 3.8) is 0 Å². The van der Waals surface area contributed by atoms with Gasteiger partial charge < -0.3 is 0 Å². The lowest BCUT2D eigenvalue weighted by atomic mass is 10.2. The largest absolute Gasteiger partial charge is 0.293 e. The Labute approximate surface area is 102 Å². The number of likely N-dealkylation sites (tertiary alicyclic amines) is 1. The number of rotatable bonds is 3. The van der Waals surface area contributed by atoms with Crippen molar-refractivity contribution in [1.29, 1.82) is 0 Å². The zero-order valence-corrected chi connectivity index (χ0v) is 11.1. The van der Waals surface area contributed by atoms with E-state index < -0.39 is 0 Å². The molecule has 0 aliphatic carbocycles. The Hall–Kier alpha value is -0.190. The van der Waals surface area contributed by atoms with Gasteiger partial charge >= 0.3 is 0 Å². The molecule has 0 radical (unpaired) electrons. The van der Waals surface area contributed by atoms with Gasteiger partial charge in [0.2, 0.25) is 0 Å². The van der Waals surface area contributed by atoms with Gasteiger partial charge in [0.25, 0.3) is 0 Å². The lowest BCUT2D eigenvalue weighted by molar-refractivity contribution is 0.0930. The highest BCUT2D eigenvalue weighted by Crippen LogP contribution is 2.24. The molecule has 0 spiro atoms. The van der Waals surface area contributed by atoms with Crippen LogP contribution in [-0.4, -0.2) is 29.8 Å². The fourth-order valence-corrected chi connectivity index (χ4v) is 3.27. The minimum atomic E-state index is 0.249. The Morgan fingerprint density at radius 1 is 1.67 bits per heavy atom. The molecule has 1 aliphatic rings. The highest BCUT2D eigenvalue weighted by Gasteiger charge is 2.23. The normalized spacial score (nSPS) is 22.1. The van der Waals surface area contributed by atoms with Crippen molar-refractivity contribution >= 4 is 33.0 Å². The van der Waals surface area contributed by atoms with E-state index in [-0.39, 0.29) is 5.78 Å². The predicted octanol–water partition coefficient (Wildman–Crippen LogP) is 3.18. The summed E-state index contributed by atoms with van der Waals surface area (Å²) in [6.45, 7) is 3.85. The van der Waals surface area contributed by atoms with Crippen LogP contribution in [0.3, 0.4) is 0 Å². The molecule has 1 aliphatic heterocycles. The highest BCUT2D eigenvalue weighted by molar-refractivity contribution is 9.11. The summed E-state index contributed by atoms with van der Waals surface area (Å²) >= 11 is 4.90. The van der Waals surface area contributed by atoms with Gasteiger partial charge in [0.05, 0.1) is 15.2 Å². The van der Waals surface area contributed by atoms with Crippen molar-refractivity contribution in [2.75, 3.05) is 13.1 Å². The molecule has 0 bridgehead atoms. The molecule has 0 aromatic carbocycles. The van der Waals surface area contributed by atoms with Gasteiger partial charge in [-0.25, -0.2) is 0 Å². The van der Waals surface area contributed by atoms with Crippen LogP contribution in [0.15, 0.2) is 15.9 Å². The van der Waals surface area contributed by atoms with E-state index in [9.17, 15) is 4.79 Å². The highest BCUT2D eigenvalue weighted by atomic mass is 79.9. The SMILES string of the molecule is CC1CCCN1CC(=O)c1ccc(Br)s1. The molecule has 1 aromatic rings. The molecule has 1 aromatic heterocycles. The van der Waals surface area contributed by atoms with E-state index in [4.69, 9.17) is 0 Å². The Morgan fingerprint density at radius 3 is 3.00 bits per heavy atom. The molecule has 1 saturated heterocycles. The van der Waals surface area contributed by atoms with Gasteiger partial charge in [0.1, 0.15) is 0 Å². The summed E-state index contributed by atoms with van der Waals surface area (Å²) in [5.41, 5.74) is 0. The summed E-state index contributed by atoms with van der Waals surface area (Å²) in [4.78, 5) is 15.0. The minimum absolute atomic E-state index is 0.249. The van der Waals surface area contributed by atoms with Crippen LogP contribution in [0.1, 0.15) is 29.4 Å². The van der Waals surface area contributed by atoms with E-state index in [0.717, 1.165) is 15.2 Å². The van der Waals surface area contributed by atoms with E-state index in [0.29, 0.717) is 12.6 Å². The fourth-order valence-electron chi connectivity index (χ4n) is 1.95. The van der Waals surface area contributed by atoms with Crippen LogP contribution in [0.2, 0.25) is 0 Å². The lowest BCUT2D eigenvalue weighted by Gasteiger charge is -2.19. The number of Topliss-reactive ketones (excluding diaryl/α,β-unsaturated/α-hetero) is 1. The standard InChI is InChI=1S/C11H14BrNOS/c1-8-3-2-6-13(8)7-9(14)10-4-5-11(12)15-10/h4-5,8H,2-3,6-7H2,1H3. The van der Waals surface area contributed by atoms with E-state index in [1.807, 2.05) is 12.1 Å². The molecule has 15 heavy (non-hydrogen) atoms. The summed E-state index contributed by atoms with van der Waals surface area (Å²) in [6, 6.07) is 4.40. The summed E-state index contributed by atoms with van der Waals surface area (Å²) < 4.78 is 1.03. The maximum absolute atomic E-state index is 11.9. The first-order valence-corrected chi connectivity index (χ1v) is 6.80. The van der Waals surface area contributed by atoms with Crippen molar-refractivity contribution in [2.45, 2.75) is 25.8 Å². The van der Waals surface area contributed by atoms with Crippen LogP contribution in [-0.2, 0) is 0 Å². The van der Waals surface area contributed by atoms with Gasteiger partial charge in [-0.2, -0.15) is 0 Å². The lowest BCUT2D eigenvalue weighted by Crippen LogP contribution is -2.32. The molecular weight excluding hydrogens is 274 g/mol. The molecule has 4 heteroatoms. The van der Waals surface area contributed by atoms with Gasteiger partial charge in [-0.3, -0.25) is 9.69 Å². The number of hydrogen-bond acceptors (Lipinski definition) is 3. The number of ketones is 1. The van der Waals surface area contributed by atoms with Crippen LogP contribution in [0, 0.1) is 0 Å². The molecule has 0 N–H and O–H groups in total. The third-order valence-corrected chi connectivity index (χ3v) is 4.55. The molecule has 0 amide bonds. The quantitative estimate of drug-likeness (QED) is 0.796. The second kappa shape index (κ2) is 4.76. The number of thiophene rings is 1. The first kappa shape index (κ1) is 11.3. The molecule has 82 valence electrons. The van der Waals surface area contributed by atoms with E-state index in [2.05, 4.69) is 27.8 Å². The van der Waals surface area contributed by atoms with Crippen LogP contribution >= 0.6 is 27.3 Å². The fraction of sp³-hybridized carbons (Fsp3) is 0.545.